The third kappa shape index (κ3) is 6.86. The van der Waals surface area contributed by atoms with Crippen LogP contribution in [0.4, 0.5) is 0 Å². The Morgan fingerprint density at radius 3 is 2.14 bits per heavy atom. The van der Waals surface area contributed by atoms with Crippen molar-refractivity contribution >= 4 is 5.97 Å². The topological polar surface area (TPSA) is 60.8 Å². The molecule has 84 valence electrons. The third-order valence-electron chi connectivity index (χ3n) is 1.96. The van der Waals surface area contributed by atoms with E-state index < -0.39 is 12.1 Å². The summed E-state index contributed by atoms with van der Waals surface area (Å²) in [7, 11) is 0. The molecule has 0 fully saturated rings. The third-order valence-corrected chi connectivity index (χ3v) is 1.96. The highest BCUT2D eigenvalue weighted by Crippen LogP contribution is 2.00. The molecule has 0 saturated heterocycles. The first-order valence-electron chi connectivity index (χ1n) is 5.22. The van der Waals surface area contributed by atoms with Crippen molar-refractivity contribution in [3.8, 4) is 0 Å². The van der Waals surface area contributed by atoms with Crippen LogP contribution in [0.5, 0.6) is 0 Å². The first-order valence-corrected chi connectivity index (χ1v) is 5.22. The molecule has 4 nitrogen and oxygen atoms in total. The second-order valence-electron chi connectivity index (χ2n) is 3.55. The average Bonchev–Trinajstić information content (AvgIpc) is 2.03. The lowest BCUT2D eigenvalue weighted by Crippen LogP contribution is -2.34. The van der Waals surface area contributed by atoms with E-state index in [1.807, 2.05) is 0 Å². The average molecular weight is 203 g/mol. The fraction of sp³-hybridized carbons (Fsp3) is 0.900. The van der Waals surface area contributed by atoms with E-state index in [1.54, 1.807) is 0 Å². The summed E-state index contributed by atoms with van der Waals surface area (Å²) < 4.78 is 0. The van der Waals surface area contributed by atoms with Crippen LogP contribution in [0.15, 0.2) is 0 Å². The molecule has 0 spiro atoms. The molecular weight excluding hydrogens is 182 g/mol. The highest BCUT2D eigenvalue weighted by molar-refractivity contribution is 5.67. The van der Waals surface area contributed by atoms with Crippen LogP contribution in [-0.4, -0.2) is 46.8 Å². The minimum Gasteiger partial charge on any atom is -0.481 e. The summed E-state index contributed by atoms with van der Waals surface area (Å²) in [4.78, 5) is 12.4. The number of carboxylic acid groups (broad SMARTS) is 1. The van der Waals surface area contributed by atoms with E-state index in [0.717, 1.165) is 25.9 Å². The molecule has 0 bridgehead atoms. The Labute approximate surface area is 85.5 Å². The molecular formula is C10H21NO3. The summed E-state index contributed by atoms with van der Waals surface area (Å²) in [6.07, 6.45) is 1.15. The molecule has 0 aliphatic rings. The van der Waals surface area contributed by atoms with E-state index in [4.69, 9.17) is 5.11 Å². The first-order chi connectivity index (χ1) is 6.60. The van der Waals surface area contributed by atoms with E-state index in [-0.39, 0.29) is 6.42 Å². The molecule has 0 amide bonds. The maximum absolute atomic E-state index is 10.3. The molecule has 14 heavy (non-hydrogen) atoms. The van der Waals surface area contributed by atoms with Crippen LogP contribution in [0, 0.1) is 0 Å². The van der Waals surface area contributed by atoms with E-state index >= 15 is 0 Å². The minimum absolute atomic E-state index is 0.163. The summed E-state index contributed by atoms with van der Waals surface area (Å²) in [5, 5.41) is 17.9. The molecule has 0 heterocycles. The summed E-state index contributed by atoms with van der Waals surface area (Å²) in [6, 6.07) is 0. The van der Waals surface area contributed by atoms with Crippen LogP contribution < -0.4 is 0 Å². The van der Waals surface area contributed by atoms with Crippen LogP contribution >= 0.6 is 0 Å². The largest absolute Gasteiger partial charge is 0.481 e. The van der Waals surface area contributed by atoms with Crippen molar-refractivity contribution in [2.45, 2.75) is 39.2 Å². The van der Waals surface area contributed by atoms with Crippen LogP contribution in [0.1, 0.15) is 33.1 Å². The van der Waals surface area contributed by atoms with Gasteiger partial charge in [-0.3, -0.25) is 4.79 Å². The Morgan fingerprint density at radius 1 is 1.29 bits per heavy atom. The van der Waals surface area contributed by atoms with Crippen LogP contribution in [0.3, 0.4) is 0 Å². The lowest BCUT2D eigenvalue weighted by Gasteiger charge is -2.23. The molecule has 0 aliphatic carbocycles. The number of carboxylic acids is 1. The highest BCUT2D eigenvalue weighted by Gasteiger charge is 2.13. The van der Waals surface area contributed by atoms with E-state index in [1.165, 1.54) is 0 Å². The zero-order valence-electron chi connectivity index (χ0n) is 9.07. The van der Waals surface area contributed by atoms with Gasteiger partial charge in [-0.2, -0.15) is 0 Å². The van der Waals surface area contributed by atoms with E-state index in [0.29, 0.717) is 6.54 Å². The first kappa shape index (κ1) is 13.4. The molecule has 2 N–H and O–H groups in total. The summed E-state index contributed by atoms with van der Waals surface area (Å²) in [6.45, 7) is 6.46. The normalized spacial score (nSPS) is 13.1. The zero-order chi connectivity index (χ0) is 11.0. The lowest BCUT2D eigenvalue weighted by atomic mass is 10.2. The smallest absolute Gasteiger partial charge is 0.306 e. The molecule has 0 aromatic heterocycles. The SMILES string of the molecule is CCCN(CCC)CC(O)CC(=O)O. The van der Waals surface area contributed by atoms with Crippen molar-refractivity contribution in [2.75, 3.05) is 19.6 Å². The van der Waals surface area contributed by atoms with Gasteiger partial charge in [-0.25, -0.2) is 0 Å². The molecule has 4 heteroatoms. The van der Waals surface area contributed by atoms with Crippen molar-refractivity contribution < 1.29 is 15.0 Å². The number of hydrogen-bond acceptors (Lipinski definition) is 3. The molecule has 1 unspecified atom stereocenters. The Hall–Kier alpha value is -0.610. The van der Waals surface area contributed by atoms with Gasteiger partial charge in [-0.05, 0) is 25.9 Å². The predicted octanol–water partition coefficient (Wildman–Crippen LogP) is 0.944. The van der Waals surface area contributed by atoms with Crippen molar-refractivity contribution in [3.63, 3.8) is 0 Å². The molecule has 0 aromatic rings. The molecule has 0 saturated carbocycles. The maximum Gasteiger partial charge on any atom is 0.306 e. The number of hydrogen-bond donors (Lipinski definition) is 2. The van der Waals surface area contributed by atoms with E-state index in [9.17, 15) is 9.90 Å². The number of aliphatic hydroxyl groups is 1. The maximum atomic E-state index is 10.3. The fourth-order valence-electron chi connectivity index (χ4n) is 1.49. The molecule has 1 atom stereocenters. The Morgan fingerprint density at radius 2 is 1.79 bits per heavy atom. The summed E-state index contributed by atoms with van der Waals surface area (Å²) in [5.41, 5.74) is 0. The second kappa shape index (κ2) is 7.76. The van der Waals surface area contributed by atoms with Crippen LogP contribution in [0.25, 0.3) is 0 Å². The van der Waals surface area contributed by atoms with Gasteiger partial charge in [0.05, 0.1) is 12.5 Å². The van der Waals surface area contributed by atoms with Gasteiger partial charge in [-0.15, -0.1) is 0 Å². The van der Waals surface area contributed by atoms with Crippen molar-refractivity contribution in [2.24, 2.45) is 0 Å². The van der Waals surface area contributed by atoms with Gasteiger partial charge < -0.3 is 15.1 Å². The Balaban J connectivity index is 3.81. The van der Waals surface area contributed by atoms with Gasteiger partial charge >= 0.3 is 5.97 Å². The number of aliphatic carboxylic acids is 1. The van der Waals surface area contributed by atoms with E-state index in [2.05, 4.69) is 18.7 Å². The lowest BCUT2D eigenvalue weighted by molar-refractivity contribution is -0.139. The van der Waals surface area contributed by atoms with Gasteiger partial charge in [0, 0.05) is 6.54 Å². The quantitative estimate of drug-likeness (QED) is 0.616. The van der Waals surface area contributed by atoms with Crippen molar-refractivity contribution in [1.82, 2.24) is 4.90 Å². The Bertz CT molecular complexity index is 155. The van der Waals surface area contributed by atoms with Gasteiger partial charge in [-0.1, -0.05) is 13.8 Å². The van der Waals surface area contributed by atoms with Crippen LogP contribution in [-0.2, 0) is 4.79 Å². The van der Waals surface area contributed by atoms with Gasteiger partial charge in [0.1, 0.15) is 0 Å². The number of nitrogens with zero attached hydrogens (tertiary/aromatic N) is 1. The summed E-state index contributed by atoms with van der Waals surface area (Å²) in [5.74, 6) is -0.939. The zero-order valence-corrected chi connectivity index (χ0v) is 9.07. The number of rotatable bonds is 8. The standard InChI is InChI=1S/C10H21NO3/c1-3-5-11(6-4-2)8-9(12)7-10(13)14/h9,12H,3-8H2,1-2H3,(H,13,14). The Kier molecular flexibility index (Phi) is 7.42. The minimum atomic E-state index is -0.939. The van der Waals surface area contributed by atoms with Gasteiger partial charge in [0.25, 0.3) is 0 Å². The molecule has 0 rings (SSSR count). The predicted molar refractivity (Wildman–Crippen MR) is 55.3 cm³/mol. The van der Waals surface area contributed by atoms with Crippen molar-refractivity contribution in [3.05, 3.63) is 0 Å². The van der Waals surface area contributed by atoms with Gasteiger partial charge in [0.2, 0.25) is 0 Å². The monoisotopic (exact) mass is 203 g/mol. The highest BCUT2D eigenvalue weighted by atomic mass is 16.4. The number of carbonyl (C=O) groups is 1. The summed E-state index contributed by atoms with van der Waals surface area (Å²) >= 11 is 0. The van der Waals surface area contributed by atoms with Crippen molar-refractivity contribution in [1.29, 1.82) is 0 Å². The fourth-order valence-corrected chi connectivity index (χ4v) is 1.49. The number of aliphatic hydroxyl groups excluding tert-OH is 1. The molecule has 0 aliphatic heterocycles. The second-order valence-corrected chi connectivity index (χ2v) is 3.55. The van der Waals surface area contributed by atoms with Gasteiger partial charge in [0.15, 0.2) is 0 Å². The molecule has 0 radical (unpaired) electrons. The van der Waals surface area contributed by atoms with Crippen LogP contribution in [0.2, 0.25) is 0 Å². The molecule has 0 aromatic carbocycles.